The molecule has 4 aliphatic heterocycles. The van der Waals surface area contributed by atoms with Crippen LogP contribution in [0.2, 0.25) is 0 Å². The fraction of sp³-hybridized carbons (Fsp3) is 0.464. The number of guanidine groups is 2. The van der Waals surface area contributed by atoms with E-state index in [9.17, 15) is 14.7 Å². The fourth-order valence-corrected chi connectivity index (χ4v) is 6.45. The lowest BCUT2D eigenvalue weighted by molar-refractivity contribution is 0.00611. The molecule has 5 heterocycles. The molecule has 13 nitrogen and oxygen atoms in total. The number of rotatable bonds is 5. The number of nitrogens with one attached hydrogen (secondary N) is 7. The van der Waals surface area contributed by atoms with E-state index in [1.54, 1.807) is 29.3 Å². The van der Waals surface area contributed by atoms with Crippen molar-refractivity contribution in [3.05, 3.63) is 58.9 Å². The Morgan fingerprint density at radius 1 is 1.22 bits per heavy atom. The molecule has 41 heavy (non-hydrogen) atoms. The summed E-state index contributed by atoms with van der Waals surface area (Å²) in [7, 11) is 0. The second kappa shape index (κ2) is 9.61. The van der Waals surface area contributed by atoms with Crippen LogP contribution in [0.5, 0.6) is 5.75 Å². The number of ether oxygens (including phenoxy) is 1. The first kappa shape index (κ1) is 26.8. The molecular formula is C28H35N9O4. The lowest BCUT2D eigenvalue weighted by Gasteiger charge is -2.49. The van der Waals surface area contributed by atoms with Gasteiger partial charge in [-0.15, -0.1) is 0 Å². The van der Waals surface area contributed by atoms with Gasteiger partial charge in [-0.1, -0.05) is 26.0 Å². The number of hydrogen-bond donors (Lipinski definition) is 8. The van der Waals surface area contributed by atoms with E-state index in [1.807, 2.05) is 19.1 Å². The summed E-state index contributed by atoms with van der Waals surface area (Å²) in [5.74, 6) is -0.207. The minimum absolute atomic E-state index is 0.0103. The second-order valence-corrected chi connectivity index (χ2v) is 11.8. The van der Waals surface area contributed by atoms with Gasteiger partial charge in [-0.2, -0.15) is 0 Å². The van der Waals surface area contributed by atoms with E-state index in [-0.39, 0.29) is 47.9 Å². The summed E-state index contributed by atoms with van der Waals surface area (Å²) in [6.07, 6.45) is 1.22. The van der Waals surface area contributed by atoms with Crippen LogP contribution in [-0.2, 0) is 5.41 Å². The summed E-state index contributed by atoms with van der Waals surface area (Å²) in [5, 5.41) is 43.8. The maximum absolute atomic E-state index is 13.5. The molecule has 3 saturated heterocycles. The Morgan fingerprint density at radius 2 is 2.02 bits per heavy atom. The van der Waals surface area contributed by atoms with Crippen LogP contribution in [0.3, 0.4) is 0 Å². The fourth-order valence-electron chi connectivity index (χ4n) is 6.45. The van der Waals surface area contributed by atoms with E-state index in [4.69, 9.17) is 15.6 Å². The van der Waals surface area contributed by atoms with E-state index in [2.05, 4.69) is 45.4 Å². The van der Waals surface area contributed by atoms with Crippen molar-refractivity contribution >= 4 is 23.7 Å². The summed E-state index contributed by atoms with van der Waals surface area (Å²) in [6.45, 7) is 6.86. The van der Waals surface area contributed by atoms with Crippen molar-refractivity contribution in [2.75, 3.05) is 19.7 Å². The van der Waals surface area contributed by atoms with Crippen LogP contribution in [0.1, 0.15) is 52.2 Å². The largest absolute Gasteiger partial charge is 0.492 e. The molecule has 1 spiro atoms. The number of benzene rings is 1. The number of carbonyl (C=O) groups is 2. The normalized spacial score (nSPS) is 29.1. The molecule has 8 N–H and O–H groups in total. The minimum atomic E-state index is -1.29. The highest BCUT2D eigenvalue weighted by Gasteiger charge is 2.66. The summed E-state index contributed by atoms with van der Waals surface area (Å²) in [5.41, 5.74) is 1.11. The van der Waals surface area contributed by atoms with Crippen molar-refractivity contribution in [1.82, 2.24) is 36.5 Å². The molecule has 1 aromatic heterocycles. The molecule has 2 unspecified atom stereocenters. The zero-order valence-electron chi connectivity index (χ0n) is 23.2. The molecule has 5 atom stereocenters. The van der Waals surface area contributed by atoms with Crippen LogP contribution in [0, 0.1) is 17.7 Å². The van der Waals surface area contributed by atoms with Gasteiger partial charge in [0.05, 0.1) is 30.3 Å². The molecular weight excluding hydrogens is 526 g/mol. The van der Waals surface area contributed by atoms with Crippen LogP contribution in [0.4, 0.5) is 0 Å². The average Bonchev–Trinajstić information content (AvgIpc) is 3.43. The highest BCUT2D eigenvalue weighted by atomic mass is 16.5. The Bertz CT molecular complexity index is 1450. The third-order valence-electron chi connectivity index (χ3n) is 8.66. The zero-order chi connectivity index (χ0) is 29.1. The maximum Gasteiger partial charge on any atom is 0.269 e. The number of hydrogen-bond acceptors (Lipinski definition) is 7. The van der Waals surface area contributed by atoms with Gasteiger partial charge >= 0.3 is 0 Å². The smallest absolute Gasteiger partial charge is 0.269 e. The van der Waals surface area contributed by atoms with Crippen molar-refractivity contribution in [2.45, 2.75) is 62.5 Å². The van der Waals surface area contributed by atoms with Crippen molar-refractivity contribution in [2.24, 2.45) is 0 Å². The van der Waals surface area contributed by atoms with E-state index >= 15 is 0 Å². The van der Waals surface area contributed by atoms with E-state index in [0.717, 1.165) is 17.5 Å². The second-order valence-electron chi connectivity index (χ2n) is 11.8. The van der Waals surface area contributed by atoms with Gasteiger partial charge in [0.2, 0.25) is 0 Å². The number of aliphatic hydroxyl groups is 1. The number of amides is 2. The van der Waals surface area contributed by atoms with Crippen LogP contribution < -0.4 is 31.3 Å². The molecule has 2 amide bonds. The van der Waals surface area contributed by atoms with Crippen molar-refractivity contribution < 1.29 is 19.4 Å². The van der Waals surface area contributed by atoms with Gasteiger partial charge in [-0.3, -0.25) is 25.4 Å². The predicted octanol–water partition coefficient (Wildman–Crippen LogP) is -0.246. The quantitative estimate of drug-likeness (QED) is 0.244. The number of aromatic nitrogens is 1. The molecule has 0 aliphatic carbocycles. The van der Waals surface area contributed by atoms with Gasteiger partial charge in [0.25, 0.3) is 11.8 Å². The summed E-state index contributed by atoms with van der Waals surface area (Å²) in [4.78, 5) is 32.1. The zero-order valence-corrected chi connectivity index (χ0v) is 23.2. The monoisotopic (exact) mass is 561 g/mol. The minimum Gasteiger partial charge on any atom is -0.492 e. The number of fused-ring (bicyclic) bond motifs is 1. The average molecular weight is 562 g/mol. The maximum atomic E-state index is 13.5. The highest BCUT2D eigenvalue weighted by Crippen LogP contribution is 2.41. The Balaban J connectivity index is 1.22. The van der Waals surface area contributed by atoms with Crippen LogP contribution in [0.25, 0.3) is 0 Å². The first-order chi connectivity index (χ1) is 19.5. The third kappa shape index (κ3) is 4.31. The highest BCUT2D eigenvalue weighted by molar-refractivity contribution is 5.98. The van der Waals surface area contributed by atoms with Gasteiger partial charge in [-0.05, 0) is 42.5 Å². The molecule has 6 rings (SSSR count). The van der Waals surface area contributed by atoms with Gasteiger partial charge in [0.15, 0.2) is 17.6 Å². The standard InChI is InChI=1S/C28H35N9O4/c1-14-7-9-31-17(11-14)24(40)32-12-18-21-28(36-25(29)35-21)22(38)19(13-37(28)26(30)34-18)33-23(39)15-5-4-6-16-20(15)41-10-8-27(16,2)3/h4-7,9,11,18-19,21-22,38H,8,10,12-13H2,1-3H3,(H2,30,34)(H,32,40)(H,33,39)(H3,29,35,36)/t18-,19?,21-,22+,28?/m0/s1. The molecule has 2 aromatic rings. The number of nitrogens with zero attached hydrogens (tertiary/aromatic N) is 2. The molecule has 4 aliphatic rings. The van der Waals surface area contributed by atoms with Gasteiger partial charge in [0.1, 0.15) is 17.5 Å². The predicted molar refractivity (Wildman–Crippen MR) is 150 cm³/mol. The molecule has 3 fully saturated rings. The topological polar surface area (TPSA) is 188 Å². The molecule has 1 aromatic carbocycles. The summed E-state index contributed by atoms with van der Waals surface area (Å²) in [6, 6.07) is 7.08. The molecule has 0 radical (unpaired) electrons. The number of aryl methyl sites for hydroxylation is 1. The first-order valence-electron chi connectivity index (χ1n) is 13.7. The Morgan fingerprint density at radius 3 is 2.80 bits per heavy atom. The van der Waals surface area contributed by atoms with Crippen molar-refractivity contribution in [3.63, 3.8) is 0 Å². The Labute approximate surface area is 237 Å². The Kier molecular flexibility index (Phi) is 6.29. The number of carbonyl (C=O) groups excluding carboxylic acids is 2. The summed E-state index contributed by atoms with van der Waals surface area (Å²) < 4.78 is 5.93. The van der Waals surface area contributed by atoms with Crippen molar-refractivity contribution in [1.29, 1.82) is 10.8 Å². The van der Waals surface area contributed by atoms with E-state index in [0.29, 0.717) is 17.9 Å². The van der Waals surface area contributed by atoms with Crippen LogP contribution in [-0.4, -0.2) is 88.3 Å². The van der Waals surface area contributed by atoms with E-state index in [1.165, 1.54) is 0 Å². The lowest BCUT2D eigenvalue weighted by Crippen LogP contribution is -2.78. The van der Waals surface area contributed by atoms with Crippen LogP contribution in [0.15, 0.2) is 36.5 Å². The van der Waals surface area contributed by atoms with Crippen LogP contribution >= 0.6 is 0 Å². The lowest BCUT2D eigenvalue weighted by atomic mass is 9.79. The molecule has 13 heteroatoms. The third-order valence-corrected chi connectivity index (χ3v) is 8.66. The summed E-state index contributed by atoms with van der Waals surface area (Å²) >= 11 is 0. The van der Waals surface area contributed by atoms with Gasteiger partial charge in [0, 0.05) is 24.8 Å². The Hall–Kier alpha value is -4.39. The van der Waals surface area contributed by atoms with Crippen molar-refractivity contribution in [3.8, 4) is 5.75 Å². The number of para-hydroxylation sites is 1. The SMILES string of the molecule is Cc1ccnc(C(=O)NC[C@@H]2NC(=N)N3CC(NC(=O)c4cccc5c4OCCC5(C)C)[C@@H](O)C34NC(=N)N[C@@H]24)c1. The van der Waals surface area contributed by atoms with E-state index < -0.39 is 29.9 Å². The molecule has 0 bridgehead atoms. The number of pyridine rings is 1. The molecule has 0 saturated carbocycles. The molecule has 216 valence electrons. The number of aliphatic hydroxyl groups excluding tert-OH is 1. The van der Waals surface area contributed by atoms with Gasteiger partial charge < -0.3 is 41.3 Å². The van der Waals surface area contributed by atoms with Gasteiger partial charge in [-0.25, -0.2) is 0 Å². The first-order valence-corrected chi connectivity index (χ1v) is 13.7.